The molecule has 14 nitrogen and oxygen atoms in total. The van der Waals surface area contributed by atoms with Gasteiger partial charge in [0.2, 0.25) is 5.60 Å². The number of unbranched alkanes of at least 4 members (excludes halogenated alkanes) is 15. The molecule has 0 bridgehead atoms. The summed E-state index contributed by atoms with van der Waals surface area (Å²) >= 11 is 0. The molecule has 1 spiro atoms. The molecule has 6 rings (SSSR count). The van der Waals surface area contributed by atoms with Gasteiger partial charge in [-0.2, -0.15) is 15.6 Å². The quantitative estimate of drug-likeness (QED) is 0.0574. The first-order valence-corrected chi connectivity index (χ1v) is 22.9. The number of hydrogen-bond donors (Lipinski definition) is 2. The Bertz CT molecular complexity index is 2000. The highest BCUT2D eigenvalue weighted by Crippen LogP contribution is 2.74. The molecule has 4 heterocycles. The smallest absolute Gasteiger partial charge is 0.382 e. The SMILES string of the molecule is CCCCCCCCCCCCCCCCCC[C@H](COP(=O)(O)OC1[C@@]2(C#N)O[C@@H](c3ccc4c(N)ncnn34)[C@@H]3OC(C)(C)O[C@@]132)OCc1cc(F)cc(C#N)c1. The first-order chi connectivity index (χ1) is 28.4. The number of nitrogens with two attached hydrogens (primary N) is 1. The number of benzene rings is 1. The van der Waals surface area contributed by atoms with E-state index in [4.69, 9.17) is 33.7 Å². The summed E-state index contributed by atoms with van der Waals surface area (Å²) in [5, 5.41) is 24.1. The van der Waals surface area contributed by atoms with Gasteiger partial charge in [-0.3, -0.25) is 9.05 Å². The average Bonchev–Trinajstić information content (AvgIpc) is 3.56. The second-order valence-electron chi connectivity index (χ2n) is 16.7. The van der Waals surface area contributed by atoms with Crippen molar-refractivity contribution < 1.29 is 41.8 Å². The fourth-order valence-electron chi connectivity index (χ4n) is 8.70. The van der Waals surface area contributed by atoms with Crippen molar-refractivity contribution in [2.24, 2.45) is 0 Å². The molecule has 2 unspecified atom stereocenters. The lowest BCUT2D eigenvalue weighted by molar-refractivity contribution is -0.182. The molecule has 0 amide bonds. The topological polar surface area (TPSA) is 196 Å². The molecule has 0 radical (unpaired) electrons. The van der Waals surface area contributed by atoms with Crippen LogP contribution in [0.15, 0.2) is 36.7 Å². The summed E-state index contributed by atoms with van der Waals surface area (Å²) in [5.74, 6) is -1.50. The van der Waals surface area contributed by atoms with Crippen LogP contribution in [-0.2, 0) is 39.2 Å². The summed E-state index contributed by atoms with van der Waals surface area (Å²) in [7, 11) is -4.86. The lowest BCUT2D eigenvalue weighted by atomic mass is 10.0. The van der Waals surface area contributed by atoms with E-state index >= 15 is 0 Å². The fraction of sp³-hybridized carbons (Fsp3) is 0.674. The summed E-state index contributed by atoms with van der Waals surface area (Å²) in [6.45, 7) is 5.25. The van der Waals surface area contributed by atoms with Crippen LogP contribution in [0.25, 0.3) is 5.52 Å². The Morgan fingerprint density at radius 3 is 2.24 bits per heavy atom. The van der Waals surface area contributed by atoms with Gasteiger partial charge in [-0.15, -0.1) is 0 Å². The maximum atomic E-state index is 14.2. The zero-order valence-corrected chi connectivity index (χ0v) is 35.5. The van der Waals surface area contributed by atoms with Gasteiger partial charge < -0.3 is 29.6 Å². The maximum absolute atomic E-state index is 14.2. The van der Waals surface area contributed by atoms with Crippen LogP contribution < -0.4 is 5.73 Å². The molecule has 2 saturated heterocycles. The van der Waals surface area contributed by atoms with Crippen LogP contribution >= 0.6 is 7.82 Å². The number of phosphoric acid groups is 1. The first kappa shape index (κ1) is 45.0. The molecule has 59 heavy (non-hydrogen) atoms. The van der Waals surface area contributed by atoms with Crippen molar-refractivity contribution in [1.29, 1.82) is 10.5 Å². The monoisotopic (exact) mass is 838 g/mol. The Kier molecular flexibility index (Phi) is 15.2. The number of aromatic nitrogens is 3. The first-order valence-electron chi connectivity index (χ1n) is 21.4. The number of nitrogen functional groups attached to an aromatic ring is 1. The Balaban J connectivity index is 1.01. The highest BCUT2D eigenvalue weighted by molar-refractivity contribution is 7.47. The number of ether oxygens (including phenoxy) is 4. The lowest BCUT2D eigenvalue weighted by Crippen LogP contribution is -2.33. The predicted molar refractivity (Wildman–Crippen MR) is 217 cm³/mol. The van der Waals surface area contributed by atoms with Crippen LogP contribution in [0, 0.1) is 28.5 Å². The second-order valence-corrected chi connectivity index (χ2v) is 18.1. The minimum Gasteiger partial charge on any atom is -0.382 e. The number of nitriles is 2. The fourth-order valence-corrected chi connectivity index (χ4v) is 9.69. The Hall–Kier alpha value is -3.50. The van der Waals surface area contributed by atoms with Crippen molar-refractivity contribution in [2.45, 2.75) is 178 Å². The number of fused-ring (bicyclic) bond motifs is 1. The molecule has 1 aromatic carbocycles. The number of nitrogens with zero attached hydrogens (tertiary/aromatic N) is 5. The van der Waals surface area contributed by atoms with Gasteiger partial charge in [0.15, 0.2) is 23.3 Å². The minimum absolute atomic E-state index is 0.0403. The van der Waals surface area contributed by atoms with E-state index in [2.05, 4.69) is 23.1 Å². The van der Waals surface area contributed by atoms with E-state index in [9.17, 15) is 24.4 Å². The largest absolute Gasteiger partial charge is 0.472 e. The number of hydrogen-bond acceptors (Lipinski definition) is 12. The summed E-state index contributed by atoms with van der Waals surface area (Å²) in [6, 6.07) is 11.5. The molecule has 1 aliphatic carbocycles. The van der Waals surface area contributed by atoms with E-state index in [-0.39, 0.29) is 24.6 Å². The number of phosphoric ester groups is 1. The summed E-state index contributed by atoms with van der Waals surface area (Å²) in [5.41, 5.74) is 4.36. The van der Waals surface area contributed by atoms with Crippen LogP contribution in [0.5, 0.6) is 0 Å². The normalized spacial score (nSPS) is 25.6. The van der Waals surface area contributed by atoms with Crippen LogP contribution in [0.2, 0.25) is 0 Å². The molecule has 7 atom stereocenters. The lowest BCUT2D eigenvalue weighted by Gasteiger charge is -2.25. The summed E-state index contributed by atoms with van der Waals surface area (Å²) in [6.07, 6.45) is 17.7. The third-order valence-electron chi connectivity index (χ3n) is 11.7. The van der Waals surface area contributed by atoms with Crippen LogP contribution in [0.3, 0.4) is 0 Å². The third-order valence-corrected chi connectivity index (χ3v) is 12.6. The van der Waals surface area contributed by atoms with Gasteiger partial charge >= 0.3 is 7.82 Å². The van der Waals surface area contributed by atoms with Crippen molar-refractivity contribution in [3.05, 3.63) is 59.3 Å². The molecule has 2 aromatic heterocycles. The van der Waals surface area contributed by atoms with Crippen molar-refractivity contribution in [1.82, 2.24) is 14.6 Å². The van der Waals surface area contributed by atoms with Crippen molar-refractivity contribution >= 4 is 19.2 Å². The van der Waals surface area contributed by atoms with Gasteiger partial charge in [0, 0.05) is 0 Å². The van der Waals surface area contributed by atoms with E-state index in [1.165, 1.54) is 95.5 Å². The van der Waals surface area contributed by atoms with E-state index < -0.39 is 55.0 Å². The van der Waals surface area contributed by atoms with Gasteiger partial charge in [-0.25, -0.2) is 18.5 Å². The molecule has 1 saturated carbocycles. The predicted octanol–water partition coefficient (Wildman–Crippen LogP) is 9.30. The molecule has 3 N–H and O–H groups in total. The molecule has 3 aliphatic rings. The van der Waals surface area contributed by atoms with Gasteiger partial charge in [0.1, 0.15) is 35.9 Å². The molecule has 3 aromatic rings. The molecular weight excluding hydrogens is 778 g/mol. The molecular formula is C43H60FN6O8P. The third kappa shape index (κ3) is 10.5. The zero-order valence-electron chi connectivity index (χ0n) is 34.7. The number of rotatable bonds is 26. The molecule has 16 heteroatoms. The average molecular weight is 839 g/mol. The van der Waals surface area contributed by atoms with Gasteiger partial charge in [-0.1, -0.05) is 110 Å². The van der Waals surface area contributed by atoms with Gasteiger partial charge in [0.05, 0.1) is 36.6 Å². The van der Waals surface area contributed by atoms with Gasteiger partial charge in [0.25, 0.3) is 0 Å². The Morgan fingerprint density at radius 2 is 1.61 bits per heavy atom. The van der Waals surface area contributed by atoms with Gasteiger partial charge in [-0.05, 0) is 56.2 Å². The van der Waals surface area contributed by atoms with Crippen LogP contribution in [0.1, 0.15) is 153 Å². The van der Waals surface area contributed by atoms with E-state index in [1.54, 1.807) is 30.5 Å². The zero-order chi connectivity index (χ0) is 42.1. The number of halogens is 1. The minimum atomic E-state index is -4.86. The molecule has 2 aliphatic heterocycles. The second kappa shape index (κ2) is 19.9. The summed E-state index contributed by atoms with van der Waals surface area (Å²) < 4.78 is 65.6. The standard InChI is InChI=1S/C43H60FN6O8P/c1-4-5-6-7-8-9-10-11-12-13-14-15-16-17-18-19-20-34(53-27-32-23-31(26-45)24-33(44)25-32)28-54-59(51,52)57-40-42(29-46)43(40)38(56-41(2,3)58-43)37(55-42)35-21-22-36-39(47)48-30-49-50(35)36/h21-25,30,34,37-38,40H,4-20,27-28H2,1-3H3,(H,51,52)(H2,47,48,49)/t34-,37+,38+,40?,42-,43-/m1/s1. The summed E-state index contributed by atoms with van der Waals surface area (Å²) in [4.78, 5) is 15.1. The van der Waals surface area contributed by atoms with E-state index in [1.807, 2.05) is 6.07 Å². The highest BCUT2D eigenvalue weighted by atomic mass is 31.2. The molecule has 3 fully saturated rings. The van der Waals surface area contributed by atoms with E-state index in [0.29, 0.717) is 23.2 Å². The molecule has 322 valence electrons. The number of anilines is 1. The maximum Gasteiger partial charge on any atom is 0.472 e. The van der Waals surface area contributed by atoms with Crippen LogP contribution in [0.4, 0.5) is 10.2 Å². The van der Waals surface area contributed by atoms with Crippen molar-refractivity contribution in [2.75, 3.05) is 12.3 Å². The Labute approximate surface area is 347 Å². The van der Waals surface area contributed by atoms with Crippen molar-refractivity contribution in [3.8, 4) is 12.1 Å². The Morgan fingerprint density at radius 1 is 0.966 bits per heavy atom. The highest BCUT2D eigenvalue weighted by Gasteiger charge is 2.95. The van der Waals surface area contributed by atoms with E-state index in [0.717, 1.165) is 31.7 Å². The van der Waals surface area contributed by atoms with Crippen LogP contribution in [-0.4, -0.2) is 61.4 Å². The van der Waals surface area contributed by atoms with Crippen molar-refractivity contribution in [3.63, 3.8) is 0 Å².